The molecule has 168 valence electrons. The van der Waals surface area contributed by atoms with Crippen molar-refractivity contribution in [3.8, 4) is 0 Å². The van der Waals surface area contributed by atoms with Gasteiger partial charge >= 0.3 is 25.8 Å². The summed E-state index contributed by atoms with van der Waals surface area (Å²) in [7, 11) is 4.15. The fourth-order valence-corrected chi connectivity index (χ4v) is 2.94. The molecule has 4 aromatic heterocycles. The van der Waals surface area contributed by atoms with E-state index in [9.17, 15) is 0 Å². The predicted octanol–water partition coefficient (Wildman–Crippen LogP) is 3.89. The average molecular weight is 638 g/mol. The first kappa shape index (κ1) is 28.5. The molecule has 0 saturated carbocycles. The van der Waals surface area contributed by atoms with Crippen LogP contribution in [0.5, 0.6) is 0 Å². The van der Waals surface area contributed by atoms with Gasteiger partial charge < -0.3 is 29.7 Å². The van der Waals surface area contributed by atoms with Crippen LogP contribution in [0.3, 0.4) is 0 Å². The van der Waals surface area contributed by atoms with Gasteiger partial charge in [-0.2, -0.15) is 24.8 Å². The Morgan fingerprint density at radius 1 is 0.562 bits per heavy atom. The van der Waals surface area contributed by atoms with E-state index in [-0.39, 0.29) is 31.2 Å². The summed E-state index contributed by atoms with van der Waals surface area (Å²) < 4.78 is 0. The van der Waals surface area contributed by atoms with Crippen LogP contribution in [0.25, 0.3) is 0 Å². The molecule has 6 nitrogen and oxygen atoms in total. The Morgan fingerprint density at radius 2 is 0.781 bits per heavy atom. The van der Waals surface area contributed by atoms with Gasteiger partial charge in [-0.1, -0.05) is 48.5 Å². The standard InChI is InChI=1S/2C11H13N3.CH2Cl2.Hf/c2*1-14(8-10-4-2-6-12-10)9-11-5-3-7-13-11;2-1-3;/h2*2-7H,8-9H2,1H3;1H2;/q2*-2;;+4. The summed E-state index contributed by atoms with van der Waals surface area (Å²) in [5.41, 5.74) is 4.44. The van der Waals surface area contributed by atoms with Crippen LogP contribution in [0.2, 0.25) is 0 Å². The molecule has 0 bridgehead atoms. The van der Waals surface area contributed by atoms with E-state index in [1.807, 2.05) is 73.3 Å². The molecule has 4 heterocycles. The molecular formula is C23H28Cl2HfN6. The molecule has 0 aromatic carbocycles. The van der Waals surface area contributed by atoms with Crippen molar-refractivity contribution in [3.05, 3.63) is 96.1 Å². The zero-order chi connectivity index (χ0) is 22.3. The van der Waals surface area contributed by atoms with Gasteiger partial charge in [0.25, 0.3) is 0 Å². The van der Waals surface area contributed by atoms with Crippen molar-refractivity contribution in [2.24, 2.45) is 0 Å². The SMILES string of the molecule is CN(Cc1ccc[n-]1)Cc1ccc[n-]1.CN(Cc1ccc[n-]1)Cc1ccc[n-]1.ClCCl.[Hf+4]. The molecule has 0 amide bonds. The number of aromatic nitrogens is 4. The number of halogens is 2. The van der Waals surface area contributed by atoms with E-state index < -0.39 is 0 Å². The molecule has 32 heavy (non-hydrogen) atoms. The Labute approximate surface area is 219 Å². The molecule has 0 atom stereocenters. The topological polar surface area (TPSA) is 62.9 Å². The van der Waals surface area contributed by atoms with Gasteiger partial charge in [0.2, 0.25) is 0 Å². The number of hydrogen-bond acceptors (Lipinski definition) is 2. The summed E-state index contributed by atoms with van der Waals surface area (Å²) in [5.74, 6) is 0. The van der Waals surface area contributed by atoms with Crippen LogP contribution in [0.1, 0.15) is 22.8 Å². The minimum Gasteiger partial charge on any atom is -0.667 e. The summed E-state index contributed by atoms with van der Waals surface area (Å²) in [4.78, 5) is 21.3. The van der Waals surface area contributed by atoms with E-state index in [1.54, 1.807) is 0 Å². The molecule has 0 aliphatic rings. The van der Waals surface area contributed by atoms with Gasteiger partial charge in [0.15, 0.2) is 0 Å². The molecule has 0 saturated heterocycles. The van der Waals surface area contributed by atoms with E-state index in [2.05, 4.69) is 43.8 Å². The maximum absolute atomic E-state index is 4.76. The molecule has 0 aliphatic heterocycles. The summed E-state index contributed by atoms with van der Waals surface area (Å²) >= 11 is 9.53. The predicted molar refractivity (Wildman–Crippen MR) is 126 cm³/mol. The van der Waals surface area contributed by atoms with Gasteiger partial charge in [0.05, 0.1) is 5.34 Å². The molecule has 4 aromatic rings. The van der Waals surface area contributed by atoms with Crippen LogP contribution >= 0.6 is 23.2 Å². The first-order chi connectivity index (χ1) is 15.1. The van der Waals surface area contributed by atoms with Crippen molar-refractivity contribution in [1.82, 2.24) is 29.7 Å². The Bertz CT molecular complexity index is 730. The number of nitrogens with zero attached hydrogens (tertiary/aromatic N) is 6. The minimum atomic E-state index is 0. The second-order valence-corrected chi connectivity index (χ2v) is 7.77. The van der Waals surface area contributed by atoms with Crippen LogP contribution < -0.4 is 19.9 Å². The average Bonchev–Trinajstić information content (AvgIpc) is 3.53. The van der Waals surface area contributed by atoms with Crippen LogP contribution in [-0.4, -0.2) is 29.2 Å². The van der Waals surface area contributed by atoms with E-state index in [1.165, 1.54) is 0 Å². The van der Waals surface area contributed by atoms with Crippen LogP contribution in [0.4, 0.5) is 0 Å². The van der Waals surface area contributed by atoms with Gasteiger partial charge in [-0.25, -0.2) is 0 Å². The summed E-state index contributed by atoms with van der Waals surface area (Å²) in [6.45, 7) is 3.50. The molecule has 0 N–H and O–H groups in total. The van der Waals surface area contributed by atoms with Gasteiger partial charge in [0, 0.05) is 26.2 Å². The normalized spacial score (nSPS) is 10.2. The molecular weight excluding hydrogens is 610 g/mol. The van der Waals surface area contributed by atoms with Crippen molar-refractivity contribution < 1.29 is 25.8 Å². The van der Waals surface area contributed by atoms with Gasteiger partial charge in [-0.3, -0.25) is 0 Å². The maximum Gasteiger partial charge on any atom is 4.00 e. The van der Waals surface area contributed by atoms with E-state index in [0.29, 0.717) is 0 Å². The van der Waals surface area contributed by atoms with Crippen molar-refractivity contribution in [2.75, 3.05) is 19.4 Å². The largest absolute Gasteiger partial charge is 4.00 e. The second kappa shape index (κ2) is 17.0. The molecule has 0 radical (unpaired) electrons. The first-order valence-corrected chi connectivity index (χ1v) is 10.9. The zero-order valence-corrected chi connectivity index (χ0v) is 23.5. The number of rotatable bonds is 8. The van der Waals surface area contributed by atoms with Crippen LogP contribution in [0.15, 0.2) is 73.3 Å². The van der Waals surface area contributed by atoms with Crippen LogP contribution in [-0.2, 0) is 52.0 Å². The van der Waals surface area contributed by atoms with Crippen molar-refractivity contribution in [2.45, 2.75) is 26.2 Å². The fourth-order valence-electron chi connectivity index (χ4n) is 2.94. The summed E-state index contributed by atoms with van der Waals surface area (Å²) in [6, 6.07) is 16.0. The minimum absolute atomic E-state index is 0. The maximum atomic E-state index is 4.76. The Kier molecular flexibility index (Phi) is 15.2. The third-order valence-electron chi connectivity index (χ3n) is 4.19. The molecule has 9 heteroatoms. The van der Waals surface area contributed by atoms with Crippen LogP contribution in [0, 0.1) is 0 Å². The first-order valence-electron chi connectivity index (χ1n) is 9.86. The number of hydrogen-bond donors (Lipinski definition) is 0. The second-order valence-electron chi connectivity index (χ2n) is 6.96. The molecule has 4 rings (SSSR count). The molecule has 0 aliphatic carbocycles. The van der Waals surface area contributed by atoms with Crippen molar-refractivity contribution >= 4 is 23.2 Å². The van der Waals surface area contributed by atoms with Crippen molar-refractivity contribution in [3.63, 3.8) is 0 Å². The summed E-state index contributed by atoms with van der Waals surface area (Å²) in [6.07, 6.45) is 7.29. The van der Waals surface area contributed by atoms with Gasteiger partial charge in [0.1, 0.15) is 0 Å². The van der Waals surface area contributed by atoms with Crippen molar-refractivity contribution in [1.29, 1.82) is 0 Å². The Hall–Kier alpha value is -1.51. The van der Waals surface area contributed by atoms with Gasteiger partial charge in [-0.05, 0) is 14.1 Å². The van der Waals surface area contributed by atoms with E-state index in [4.69, 9.17) is 23.2 Å². The summed E-state index contributed by atoms with van der Waals surface area (Å²) in [5, 5.41) is 0.194. The molecule has 0 fully saturated rings. The van der Waals surface area contributed by atoms with E-state index >= 15 is 0 Å². The Morgan fingerprint density at radius 3 is 0.938 bits per heavy atom. The quantitative estimate of drug-likeness (QED) is 0.216. The third kappa shape index (κ3) is 11.9. The third-order valence-corrected chi connectivity index (χ3v) is 4.19. The fraction of sp³-hybridized carbons (Fsp3) is 0.304. The molecule has 0 spiro atoms. The zero-order valence-electron chi connectivity index (χ0n) is 18.4. The van der Waals surface area contributed by atoms with E-state index in [0.717, 1.165) is 49.0 Å². The Balaban J connectivity index is 0.000000278. The molecule has 0 unspecified atom stereocenters. The monoisotopic (exact) mass is 638 g/mol. The number of alkyl halides is 2. The smallest absolute Gasteiger partial charge is 0.667 e. The van der Waals surface area contributed by atoms with Gasteiger partial charge in [-0.15, -0.1) is 46.0 Å².